The van der Waals surface area contributed by atoms with E-state index in [2.05, 4.69) is 136 Å². The molecule has 0 aliphatic rings. The van der Waals surface area contributed by atoms with E-state index in [9.17, 15) is 0 Å². The topological polar surface area (TPSA) is 0 Å². The minimum Gasteiger partial charge on any atom is -0.124 e. The lowest BCUT2D eigenvalue weighted by molar-refractivity contribution is 0.838. The van der Waals surface area contributed by atoms with Gasteiger partial charge in [-0.05, 0) is 63.1 Å². The van der Waals surface area contributed by atoms with Crippen molar-refractivity contribution in [3.8, 4) is 59.0 Å². The molecule has 0 N–H and O–H groups in total. The SMILES string of the molecule is C#C/C(C#C[Si](C(C)C)(C(C)C)C(C)C)=C(\C#CC#Cc1ccccc1)C#C[Si](C(C)C)(C(C)C)C(C)C. The summed E-state index contributed by atoms with van der Waals surface area (Å²) >= 11 is 0. The molecule has 2 heteroatoms. The number of rotatable bonds is 6. The number of allylic oxidation sites excluding steroid dienone is 2. The Morgan fingerprint density at radius 2 is 0.947 bits per heavy atom. The van der Waals surface area contributed by atoms with E-state index in [0.29, 0.717) is 44.4 Å². The van der Waals surface area contributed by atoms with Gasteiger partial charge >= 0.3 is 0 Å². The molecule has 0 fully saturated rings. The molecule has 0 aliphatic heterocycles. The van der Waals surface area contributed by atoms with Crippen LogP contribution >= 0.6 is 0 Å². The van der Waals surface area contributed by atoms with E-state index in [1.807, 2.05) is 30.3 Å². The van der Waals surface area contributed by atoms with Crippen LogP contribution in [0.15, 0.2) is 41.5 Å². The molecule has 0 amide bonds. The van der Waals surface area contributed by atoms with Gasteiger partial charge in [0.1, 0.15) is 16.1 Å². The van der Waals surface area contributed by atoms with Gasteiger partial charge in [0.2, 0.25) is 0 Å². The summed E-state index contributed by atoms with van der Waals surface area (Å²) in [5, 5.41) is 0. The summed E-state index contributed by atoms with van der Waals surface area (Å²) in [4.78, 5) is 0. The maximum absolute atomic E-state index is 6.09. The lowest BCUT2D eigenvalue weighted by atomic mass is 10.1. The predicted octanol–water partition coefficient (Wildman–Crippen LogP) is 9.41. The quantitative estimate of drug-likeness (QED) is 0.251. The third-order valence-electron chi connectivity index (χ3n) is 8.17. The normalized spacial score (nSPS) is 12.1. The first-order valence-corrected chi connectivity index (χ1v) is 18.6. The molecule has 1 aromatic carbocycles. The Morgan fingerprint density at radius 3 is 1.32 bits per heavy atom. The van der Waals surface area contributed by atoms with Gasteiger partial charge in [0.25, 0.3) is 0 Å². The van der Waals surface area contributed by atoms with Crippen molar-refractivity contribution in [2.24, 2.45) is 0 Å². The molecule has 1 aromatic rings. The summed E-state index contributed by atoms with van der Waals surface area (Å²) in [6.07, 6.45) is 6.09. The molecule has 0 saturated carbocycles. The lowest BCUT2D eigenvalue weighted by Gasteiger charge is -2.38. The van der Waals surface area contributed by atoms with E-state index < -0.39 is 16.1 Å². The van der Waals surface area contributed by atoms with Crippen molar-refractivity contribution in [3.05, 3.63) is 47.0 Å². The minimum absolute atomic E-state index is 0.519. The molecule has 0 radical (unpaired) electrons. The van der Waals surface area contributed by atoms with E-state index in [0.717, 1.165) is 5.56 Å². The Kier molecular flexibility index (Phi) is 13.1. The third kappa shape index (κ3) is 7.85. The summed E-state index contributed by atoms with van der Waals surface area (Å²) in [6, 6.07) is 9.89. The fraction of sp³-hybridized carbons (Fsp3) is 0.500. The van der Waals surface area contributed by atoms with Crippen molar-refractivity contribution >= 4 is 16.1 Å². The second kappa shape index (κ2) is 15.0. The predicted molar refractivity (Wildman–Crippen MR) is 175 cm³/mol. The van der Waals surface area contributed by atoms with Crippen LogP contribution in [0.25, 0.3) is 0 Å². The van der Waals surface area contributed by atoms with Crippen molar-refractivity contribution in [2.45, 2.75) is 116 Å². The zero-order chi connectivity index (χ0) is 29.1. The number of benzene rings is 1. The molecule has 1 rings (SSSR count). The van der Waals surface area contributed by atoms with Crippen LogP contribution in [0.4, 0.5) is 0 Å². The molecular weight excluding hydrogens is 489 g/mol. The number of hydrogen-bond acceptors (Lipinski definition) is 0. The molecule has 0 heterocycles. The summed E-state index contributed by atoms with van der Waals surface area (Å²) in [5.41, 5.74) is 12.9. The van der Waals surface area contributed by atoms with Crippen LogP contribution in [0.1, 0.15) is 88.6 Å². The molecule has 0 atom stereocenters. The van der Waals surface area contributed by atoms with Crippen LogP contribution in [-0.4, -0.2) is 16.1 Å². The van der Waals surface area contributed by atoms with Crippen molar-refractivity contribution in [1.29, 1.82) is 0 Å². The average Bonchev–Trinajstić information content (AvgIpc) is 2.83. The van der Waals surface area contributed by atoms with E-state index in [1.54, 1.807) is 0 Å². The summed E-state index contributed by atoms with van der Waals surface area (Å²) in [7, 11) is -3.92. The summed E-state index contributed by atoms with van der Waals surface area (Å²) in [6.45, 7) is 27.8. The van der Waals surface area contributed by atoms with Gasteiger partial charge in [0.05, 0.1) is 11.1 Å². The van der Waals surface area contributed by atoms with E-state index in [-0.39, 0.29) is 0 Å². The third-order valence-corrected chi connectivity index (χ3v) is 20.7. The monoisotopic (exact) mass is 536 g/mol. The maximum Gasteiger partial charge on any atom is 0.146 e. The first kappa shape index (κ1) is 33.2. The molecule has 0 saturated heterocycles. The van der Waals surface area contributed by atoms with Crippen LogP contribution in [0.3, 0.4) is 0 Å². The van der Waals surface area contributed by atoms with Gasteiger partial charge in [-0.15, -0.1) is 17.5 Å². The first-order valence-electron chi connectivity index (χ1n) is 14.1. The standard InChI is InChI=1S/C36H48Si2/c1-14-35(24-26-37(28(2)3,29(4)5)30(6)7)36(23-19-18-22-34-20-16-15-17-21-34)25-27-38(31(8)9,32(10)11)33(12)13/h1,15-17,20-21,28-33H,2-13H3/b36-35-. The summed E-state index contributed by atoms with van der Waals surface area (Å²) in [5.74, 6) is 22.2. The zero-order valence-electron chi connectivity index (χ0n) is 25.9. The second-order valence-corrected chi connectivity index (χ2v) is 23.2. The molecule has 38 heavy (non-hydrogen) atoms. The molecule has 0 bridgehead atoms. The summed E-state index contributed by atoms with van der Waals surface area (Å²) < 4.78 is 0. The number of hydrogen-bond donors (Lipinski definition) is 0. The second-order valence-electron chi connectivity index (χ2n) is 12.1. The average molecular weight is 537 g/mol. The fourth-order valence-electron chi connectivity index (χ4n) is 6.25. The van der Waals surface area contributed by atoms with Crippen LogP contribution in [0.2, 0.25) is 33.2 Å². The first-order chi connectivity index (χ1) is 17.8. The van der Waals surface area contributed by atoms with Crippen molar-refractivity contribution < 1.29 is 0 Å². The molecule has 0 aliphatic carbocycles. The smallest absolute Gasteiger partial charge is 0.124 e. The van der Waals surface area contributed by atoms with Gasteiger partial charge in [0.15, 0.2) is 0 Å². The van der Waals surface area contributed by atoms with Gasteiger partial charge in [0, 0.05) is 5.56 Å². The lowest BCUT2D eigenvalue weighted by Crippen LogP contribution is -2.43. The van der Waals surface area contributed by atoms with Gasteiger partial charge in [-0.25, -0.2) is 0 Å². The fourth-order valence-corrected chi connectivity index (χ4v) is 16.7. The Bertz CT molecular complexity index is 1210. The molecule has 200 valence electrons. The van der Waals surface area contributed by atoms with E-state index in [4.69, 9.17) is 6.42 Å². The van der Waals surface area contributed by atoms with E-state index >= 15 is 0 Å². The molecule has 0 aromatic heterocycles. The Hall–Kier alpha value is -2.81. The van der Waals surface area contributed by atoms with Gasteiger partial charge in [-0.1, -0.05) is 125 Å². The highest BCUT2D eigenvalue weighted by Crippen LogP contribution is 2.42. The van der Waals surface area contributed by atoms with Crippen molar-refractivity contribution in [3.63, 3.8) is 0 Å². The van der Waals surface area contributed by atoms with Gasteiger partial charge < -0.3 is 0 Å². The Morgan fingerprint density at radius 1 is 0.553 bits per heavy atom. The highest BCUT2D eigenvalue weighted by molar-refractivity contribution is 6.91. The molecule has 0 nitrogen and oxygen atoms in total. The van der Waals surface area contributed by atoms with Gasteiger partial charge in [-0.2, -0.15) is 0 Å². The van der Waals surface area contributed by atoms with Crippen LogP contribution in [0, 0.1) is 59.0 Å². The zero-order valence-corrected chi connectivity index (χ0v) is 27.9. The van der Waals surface area contributed by atoms with E-state index in [1.165, 1.54) is 0 Å². The van der Waals surface area contributed by atoms with Crippen LogP contribution in [0.5, 0.6) is 0 Å². The highest BCUT2D eigenvalue weighted by atomic mass is 28.3. The highest BCUT2D eigenvalue weighted by Gasteiger charge is 2.42. The molecular formula is C36H48Si2. The van der Waals surface area contributed by atoms with Crippen molar-refractivity contribution in [2.75, 3.05) is 0 Å². The Balaban J connectivity index is 3.94. The van der Waals surface area contributed by atoms with Crippen LogP contribution < -0.4 is 0 Å². The minimum atomic E-state index is -1.97. The van der Waals surface area contributed by atoms with Crippen LogP contribution in [-0.2, 0) is 0 Å². The number of terminal acetylenes is 1. The molecule has 0 spiro atoms. The maximum atomic E-state index is 6.09. The molecule has 0 unspecified atom stereocenters. The van der Waals surface area contributed by atoms with Crippen molar-refractivity contribution in [1.82, 2.24) is 0 Å². The van der Waals surface area contributed by atoms with Gasteiger partial charge in [-0.3, -0.25) is 0 Å². The largest absolute Gasteiger partial charge is 0.146 e. The Labute approximate surface area is 237 Å².